The van der Waals surface area contributed by atoms with Crippen molar-refractivity contribution in [1.29, 1.82) is 0 Å². The van der Waals surface area contributed by atoms with Gasteiger partial charge in [0, 0.05) is 0 Å². The van der Waals surface area contributed by atoms with Gasteiger partial charge >= 0.3 is 0 Å². The van der Waals surface area contributed by atoms with Crippen molar-refractivity contribution in [2.45, 2.75) is 70.9 Å². The van der Waals surface area contributed by atoms with Crippen LogP contribution in [0.4, 0.5) is 0 Å². The summed E-state index contributed by atoms with van der Waals surface area (Å²) in [7, 11) is -3.63. The molecule has 0 heterocycles. The quantitative estimate of drug-likeness (QED) is 0.250. The smallest absolute Gasteiger partial charge is 0.187 e. The van der Waals surface area contributed by atoms with Crippen molar-refractivity contribution in [2.75, 3.05) is 6.61 Å². The molecule has 1 saturated carbocycles. The molecule has 2 aliphatic carbocycles. The third-order valence-corrected chi connectivity index (χ3v) is 7.67. The van der Waals surface area contributed by atoms with Gasteiger partial charge in [0.15, 0.2) is 32.7 Å². The van der Waals surface area contributed by atoms with Crippen molar-refractivity contribution in [3.63, 3.8) is 0 Å². The van der Waals surface area contributed by atoms with Crippen LogP contribution in [-0.2, 0) is 13.3 Å². The van der Waals surface area contributed by atoms with Gasteiger partial charge in [0.05, 0.1) is 6.61 Å². The zero-order chi connectivity index (χ0) is 17.1. The van der Waals surface area contributed by atoms with E-state index in [1.54, 1.807) is 0 Å². The van der Waals surface area contributed by atoms with E-state index in [4.69, 9.17) is 13.3 Å². The third-order valence-electron chi connectivity index (χ3n) is 4.50. The largest absolute Gasteiger partial charge is 0.419 e. The van der Waals surface area contributed by atoms with Crippen LogP contribution in [0.5, 0.6) is 0 Å². The first-order valence-corrected chi connectivity index (χ1v) is 17.6. The van der Waals surface area contributed by atoms with Crippen LogP contribution in [0.15, 0.2) is 12.2 Å². The molecule has 0 aliphatic heterocycles. The number of allylic oxidation sites excluding steroid dienone is 2. The Balaban J connectivity index is 1.64. The Kier molecular flexibility index (Phi) is 6.90. The lowest BCUT2D eigenvalue weighted by atomic mass is 9.91. The van der Waals surface area contributed by atoms with Crippen molar-refractivity contribution < 1.29 is 13.3 Å². The summed E-state index contributed by atoms with van der Waals surface area (Å²) < 4.78 is 18.4. The minimum atomic E-state index is -1.59. The van der Waals surface area contributed by atoms with Gasteiger partial charge in [0.2, 0.25) is 0 Å². The van der Waals surface area contributed by atoms with Crippen molar-refractivity contribution in [3.8, 4) is 0 Å². The molecule has 3 nitrogen and oxygen atoms in total. The first-order valence-electron chi connectivity index (χ1n) is 9.24. The van der Waals surface area contributed by atoms with E-state index >= 15 is 0 Å². The summed E-state index contributed by atoms with van der Waals surface area (Å²) in [5, 5.41) is 0. The second-order valence-corrected chi connectivity index (χ2v) is 19.6. The molecule has 0 aromatic carbocycles. The van der Waals surface area contributed by atoms with Crippen molar-refractivity contribution in [2.24, 2.45) is 17.8 Å². The molecular weight excluding hydrogens is 336 g/mol. The molecule has 3 atom stereocenters. The molecule has 2 bridgehead atoms. The van der Waals surface area contributed by atoms with Gasteiger partial charge in [-0.15, -0.1) is 0 Å². The summed E-state index contributed by atoms with van der Waals surface area (Å²) in [5.74, 6) is 2.72. The summed E-state index contributed by atoms with van der Waals surface area (Å²) in [6.07, 6.45) is 8.96. The Morgan fingerprint density at radius 3 is 2.13 bits per heavy atom. The summed E-state index contributed by atoms with van der Waals surface area (Å²) in [4.78, 5) is 0. The fraction of sp³-hybridized carbons (Fsp3) is 0.882. The van der Waals surface area contributed by atoms with Crippen molar-refractivity contribution in [3.05, 3.63) is 12.2 Å². The van der Waals surface area contributed by atoms with Crippen LogP contribution in [0, 0.1) is 17.8 Å². The molecule has 0 spiro atoms. The maximum Gasteiger partial charge on any atom is 0.187 e. The first-order chi connectivity index (χ1) is 10.6. The Hall–Kier alpha value is 0.271. The highest BCUT2D eigenvalue weighted by Gasteiger charge is 2.34. The van der Waals surface area contributed by atoms with E-state index < -0.39 is 26.4 Å². The van der Waals surface area contributed by atoms with Crippen molar-refractivity contribution in [1.82, 2.24) is 0 Å². The zero-order valence-corrected chi connectivity index (χ0v) is 19.3. The molecule has 1 fully saturated rings. The molecule has 0 aromatic heterocycles. The van der Waals surface area contributed by atoms with E-state index in [2.05, 4.69) is 51.4 Å². The van der Waals surface area contributed by atoms with E-state index in [0.29, 0.717) is 6.61 Å². The van der Waals surface area contributed by atoms with Crippen LogP contribution in [-0.4, -0.2) is 39.3 Å². The molecule has 6 heteroatoms. The summed E-state index contributed by atoms with van der Waals surface area (Å²) in [5.41, 5.74) is 0. The lowest BCUT2D eigenvalue weighted by Gasteiger charge is -2.31. The van der Waals surface area contributed by atoms with Gasteiger partial charge in [0.25, 0.3) is 0 Å². The third kappa shape index (κ3) is 7.36. The van der Waals surface area contributed by atoms with E-state index in [1.165, 1.54) is 25.3 Å². The molecule has 23 heavy (non-hydrogen) atoms. The lowest BCUT2D eigenvalue weighted by molar-refractivity contribution is -0.0391. The average molecular weight is 373 g/mol. The highest BCUT2D eigenvalue weighted by molar-refractivity contribution is 6.70. The number of fused-ring (bicyclic) bond motifs is 2. The SMILES string of the molecule is C[Si](C)(C)OC(CO[SiH2]CCC1CC2C=CC1C2)O[Si](C)(C)C. The van der Waals surface area contributed by atoms with Gasteiger partial charge < -0.3 is 13.3 Å². The van der Waals surface area contributed by atoms with Crippen LogP contribution >= 0.6 is 0 Å². The van der Waals surface area contributed by atoms with Crippen LogP contribution in [0.1, 0.15) is 19.3 Å². The summed E-state index contributed by atoms with van der Waals surface area (Å²) in [6.45, 7) is 13.9. The van der Waals surface area contributed by atoms with Crippen LogP contribution < -0.4 is 0 Å². The minimum absolute atomic E-state index is 0.147. The second-order valence-electron chi connectivity index (χ2n) is 9.15. The van der Waals surface area contributed by atoms with Gasteiger partial charge in [-0.2, -0.15) is 0 Å². The molecule has 3 unspecified atom stereocenters. The predicted molar refractivity (Wildman–Crippen MR) is 105 cm³/mol. The van der Waals surface area contributed by atoms with Gasteiger partial charge in [-0.05, 0) is 75.9 Å². The Morgan fingerprint density at radius 1 is 1.00 bits per heavy atom. The monoisotopic (exact) mass is 372 g/mol. The van der Waals surface area contributed by atoms with Gasteiger partial charge in [-0.25, -0.2) is 0 Å². The van der Waals surface area contributed by atoms with E-state index in [-0.39, 0.29) is 6.29 Å². The topological polar surface area (TPSA) is 27.7 Å². The van der Waals surface area contributed by atoms with Gasteiger partial charge in [-0.1, -0.05) is 18.6 Å². The molecule has 0 N–H and O–H groups in total. The molecule has 2 aliphatic rings. The Labute approximate surface area is 147 Å². The summed E-state index contributed by atoms with van der Waals surface area (Å²) >= 11 is 0. The Morgan fingerprint density at radius 2 is 1.65 bits per heavy atom. The molecule has 0 radical (unpaired) electrons. The maximum absolute atomic E-state index is 6.17. The molecule has 0 saturated heterocycles. The Bertz CT molecular complexity index is 385. The van der Waals surface area contributed by atoms with Crippen LogP contribution in [0.3, 0.4) is 0 Å². The molecule has 134 valence electrons. The molecule has 0 aromatic rings. The molecule has 0 amide bonds. The summed E-state index contributed by atoms with van der Waals surface area (Å²) in [6, 6.07) is 1.30. The highest BCUT2D eigenvalue weighted by Crippen LogP contribution is 2.45. The predicted octanol–water partition coefficient (Wildman–Crippen LogP) is 4.14. The fourth-order valence-corrected chi connectivity index (χ4v) is 6.89. The second kappa shape index (κ2) is 8.10. The fourth-order valence-electron chi connectivity index (χ4n) is 3.73. The normalized spacial score (nSPS) is 27.9. The number of hydrogen-bond donors (Lipinski definition) is 0. The standard InChI is InChI=1S/C17H36O3Si3/c1-22(2,3)19-17(20-23(4,5)6)13-18-21-10-9-16-12-14-7-8-15(16)11-14/h7-8,14-17H,9-13,21H2,1-6H3. The van der Waals surface area contributed by atoms with E-state index in [1.807, 2.05) is 0 Å². The maximum atomic E-state index is 6.17. The van der Waals surface area contributed by atoms with E-state index in [9.17, 15) is 0 Å². The minimum Gasteiger partial charge on any atom is -0.419 e. The average Bonchev–Trinajstić information content (AvgIpc) is 2.96. The number of hydrogen-bond acceptors (Lipinski definition) is 3. The molecule has 2 rings (SSSR count). The first kappa shape index (κ1) is 19.6. The van der Waals surface area contributed by atoms with Crippen LogP contribution in [0.2, 0.25) is 45.3 Å². The highest BCUT2D eigenvalue weighted by atomic mass is 28.4. The number of rotatable bonds is 10. The van der Waals surface area contributed by atoms with Gasteiger partial charge in [0.1, 0.15) is 0 Å². The zero-order valence-electron chi connectivity index (χ0n) is 15.9. The van der Waals surface area contributed by atoms with Crippen LogP contribution in [0.25, 0.3) is 0 Å². The molecular formula is C17H36O3Si3. The van der Waals surface area contributed by atoms with Crippen molar-refractivity contribution >= 4 is 26.4 Å². The lowest BCUT2D eigenvalue weighted by Crippen LogP contribution is -2.42. The van der Waals surface area contributed by atoms with E-state index in [0.717, 1.165) is 17.8 Å². The van der Waals surface area contributed by atoms with Gasteiger partial charge in [-0.3, -0.25) is 0 Å².